The van der Waals surface area contributed by atoms with Gasteiger partial charge in [0.1, 0.15) is 6.04 Å². The van der Waals surface area contributed by atoms with Crippen LogP contribution in [0.15, 0.2) is 48.5 Å². The van der Waals surface area contributed by atoms with Crippen LogP contribution in [0.3, 0.4) is 0 Å². The summed E-state index contributed by atoms with van der Waals surface area (Å²) < 4.78 is 5.37. The molecule has 0 unspecified atom stereocenters. The van der Waals surface area contributed by atoms with Gasteiger partial charge in [0, 0.05) is 30.0 Å². The molecule has 3 rings (SSSR count). The van der Waals surface area contributed by atoms with Gasteiger partial charge in [-0.2, -0.15) is 0 Å². The van der Waals surface area contributed by atoms with E-state index in [4.69, 9.17) is 4.74 Å². The highest BCUT2D eigenvalue weighted by Gasteiger charge is 2.19. The van der Waals surface area contributed by atoms with Crippen LogP contribution < -0.4 is 15.5 Å². The lowest BCUT2D eigenvalue weighted by molar-refractivity contribution is -0.117. The number of carbonyl (C=O) groups is 2. The van der Waals surface area contributed by atoms with Crippen LogP contribution in [0.2, 0.25) is 0 Å². The summed E-state index contributed by atoms with van der Waals surface area (Å²) in [6.45, 7) is 11.3. The monoisotopic (exact) mass is 409 g/mol. The Hall–Kier alpha value is -2.86. The predicted molar refractivity (Wildman–Crippen MR) is 120 cm³/mol. The van der Waals surface area contributed by atoms with Crippen LogP contribution in [0.4, 0.5) is 11.4 Å². The highest BCUT2D eigenvalue weighted by Crippen LogP contribution is 2.22. The van der Waals surface area contributed by atoms with Crippen molar-refractivity contribution in [2.75, 3.05) is 36.5 Å². The molecule has 2 amide bonds. The second kappa shape index (κ2) is 9.30. The van der Waals surface area contributed by atoms with Gasteiger partial charge in [-0.15, -0.1) is 0 Å². The molecule has 160 valence electrons. The number of carbonyl (C=O) groups excluding carboxylic acids is 2. The number of ether oxygens (including phenoxy) is 1. The fourth-order valence-electron chi connectivity index (χ4n) is 3.29. The van der Waals surface area contributed by atoms with Crippen molar-refractivity contribution in [2.24, 2.45) is 0 Å². The molecule has 1 aliphatic rings. The number of hydrogen-bond donors (Lipinski definition) is 2. The van der Waals surface area contributed by atoms with Gasteiger partial charge in [-0.25, -0.2) is 0 Å². The standard InChI is InChI=1S/C24H31N3O3/c1-17(25-23(29)18-5-7-19(8-6-18)24(2,3)4)22(28)26-20-9-11-21(12-10-20)27-13-15-30-16-14-27/h5-12,17H,13-16H2,1-4H3,(H,25,29)(H,26,28)/t17-/m0/s1. The Bertz CT molecular complexity index is 864. The zero-order valence-electron chi connectivity index (χ0n) is 18.2. The van der Waals surface area contributed by atoms with Gasteiger partial charge in [-0.1, -0.05) is 32.9 Å². The minimum absolute atomic E-state index is 0.0273. The van der Waals surface area contributed by atoms with E-state index in [9.17, 15) is 9.59 Å². The molecular formula is C24H31N3O3. The summed E-state index contributed by atoms with van der Waals surface area (Å²) in [5.41, 5.74) is 3.53. The molecule has 1 atom stereocenters. The Labute approximate surface area is 178 Å². The molecule has 6 heteroatoms. The summed E-state index contributed by atoms with van der Waals surface area (Å²) in [6, 6.07) is 14.6. The Morgan fingerprint density at radius 2 is 1.57 bits per heavy atom. The molecule has 1 saturated heterocycles. The Morgan fingerprint density at radius 1 is 0.967 bits per heavy atom. The van der Waals surface area contributed by atoms with Crippen molar-refractivity contribution in [3.8, 4) is 0 Å². The first kappa shape index (κ1) is 21.8. The largest absolute Gasteiger partial charge is 0.378 e. The molecule has 2 aromatic carbocycles. The first-order valence-electron chi connectivity index (χ1n) is 10.4. The van der Waals surface area contributed by atoms with Gasteiger partial charge in [0.15, 0.2) is 0 Å². The van der Waals surface area contributed by atoms with Crippen molar-refractivity contribution in [1.29, 1.82) is 0 Å². The molecule has 2 aromatic rings. The molecule has 0 bridgehead atoms. The third-order valence-electron chi connectivity index (χ3n) is 5.27. The molecule has 0 aromatic heterocycles. The normalized spacial score (nSPS) is 15.4. The molecule has 1 aliphatic heterocycles. The Kier molecular flexibility index (Phi) is 6.77. The molecule has 0 saturated carbocycles. The lowest BCUT2D eigenvalue weighted by atomic mass is 9.86. The fraction of sp³-hybridized carbons (Fsp3) is 0.417. The second-order valence-electron chi connectivity index (χ2n) is 8.66. The number of benzene rings is 2. The molecule has 6 nitrogen and oxygen atoms in total. The maximum Gasteiger partial charge on any atom is 0.251 e. The molecule has 0 radical (unpaired) electrons. The number of nitrogens with one attached hydrogen (secondary N) is 2. The van der Waals surface area contributed by atoms with Gasteiger partial charge in [-0.3, -0.25) is 9.59 Å². The lowest BCUT2D eigenvalue weighted by Gasteiger charge is -2.29. The molecular weight excluding hydrogens is 378 g/mol. The maximum absolute atomic E-state index is 12.5. The molecule has 0 spiro atoms. The van der Waals surface area contributed by atoms with Crippen molar-refractivity contribution < 1.29 is 14.3 Å². The average Bonchev–Trinajstić information content (AvgIpc) is 2.74. The summed E-state index contributed by atoms with van der Waals surface area (Å²) in [6.07, 6.45) is 0. The number of hydrogen-bond acceptors (Lipinski definition) is 4. The summed E-state index contributed by atoms with van der Waals surface area (Å²) in [5, 5.41) is 5.63. The van der Waals surface area contributed by atoms with E-state index in [1.165, 1.54) is 0 Å². The number of rotatable bonds is 5. The predicted octanol–water partition coefficient (Wildman–Crippen LogP) is 3.58. The number of anilines is 2. The third-order valence-corrected chi connectivity index (χ3v) is 5.27. The van der Waals surface area contributed by atoms with Crippen LogP contribution in [0.1, 0.15) is 43.6 Å². The van der Waals surface area contributed by atoms with E-state index in [1.54, 1.807) is 19.1 Å². The average molecular weight is 410 g/mol. The number of nitrogens with zero attached hydrogens (tertiary/aromatic N) is 1. The van der Waals surface area contributed by atoms with E-state index in [1.807, 2.05) is 36.4 Å². The number of amides is 2. The van der Waals surface area contributed by atoms with E-state index in [0.717, 1.165) is 37.6 Å². The molecule has 30 heavy (non-hydrogen) atoms. The van der Waals surface area contributed by atoms with Gasteiger partial charge in [0.2, 0.25) is 5.91 Å². The minimum Gasteiger partial charge on any atom is -0.378 e. The molecule has 1 fully saturated rings. The summed E-state index contributed by atoms with van der Waals surface area (Å²) in [7, 11) is 0. The van der Waals surface area contributed by atoms with Crippen LogP contribution in [-0.2, 0) is 14.9 Å². The number of morpholine rings is 1. The zero-order chi connectivity index (χ0) is 21.7. The zero-order valence-corrected chi connectivity index (χ0v) is 18.2. The van der Waals surface area contributed by atoms with Gasteiger partial charge < -0.3 is 20.3 Å². The third kappa shape index (κ3) is 5.60. The lowest BCUT2D eigenvalue weighted by Crippen LogP contribution is -2.41. The van der Waals surface area contributed by atoms with Crippen LogP contribution in [0.5, 0.6) is 0 Å². The first-order chi connectivity index (χ1) is 14.2. The highest BCUT2D eigenvalue weighted by atomic mass is 16.5. The summed E-state index contributed by atoms with van der Waals surface area (Å²) >= 11 is 0. The van der Waals surface area contributed by atoms with Crippen molar-refractivity contribution in [2.45, 2.75) is 39.2 Å². The van der Waals surface area contributed by atoms with Crippen LogP contribution in [0, 0.1) is 0 Å². The minimum atomic E-state index is -0.654. The molecule has 0 aliphatic carbocycles. The van der Waals surface area contributed by atoms with Crippen LogP contribution in [-0.4, -0.2) is 44.2 Å². The smallest absolute Gasteiger partial charge is 0.251 e. The van der Waals surface area contributed by atoms with E-state index < -0.39 is 6.04 Å². The van der Waals surface area contributed by atoms with Crippen molar-refractivity contribution in [3.05, 3.63) is 59.7 Å². The highest BCUT2D eigenvalue weighted by molar-refractivity contribution is 6.01. The summed E-state index contributed by atoms with van der Waals surface area (Å²) in [5.74, 6) is -0.519. The Balaban J connectivity index is 1.54. The van der Waals surface area contributed by atoms with E-state index in [0.29, 0.717) is 11.3 Å². The van der Waals surface area contributed by atoms with Crippen molar-refractivity contribution >= 4 is 23.2 Å². The Morgan fingerprint density at radius 3 is 2.13 bits per heavy atom. The SMILES string of the molecule is C[C@H](NC(=O)c1ccc(C(C)(C)C)cc1)C(=O)Nc1ccc(N2CCOCC2)cc1. The van der Waals surface area contributed by atoms with Gasteiger partial charge in [0.25, 0.3) is 5.91 Å². The van der Waals surface area contributed by atoms with E-state index in [2.05, 4.69) is 36.3 Å². The summed E-state index contributed by atoms with van der Waals surface area (Å²) in [4.78, 5) is 27.2. The van der Waals surface area contributed by atoms with Crippen LogP contribution in [0.25, 0.3) is 0 Å². The quantitative estimate of drug-likeness (QED) is 0.792. The molecule has 1 heterocycles. The maximum atomic E-state index is 12.5. The van der Waals surface area contributed by atoms with Gasteiger partial charge in [0.05, 0.1) is 13.2 Å². The molecule has 2 N–H and O–H groups in total. The van der Waals surface area contributed by atoms with Crippen molar-refractivity contribution in [3.63, 3.8) is 0 Å². The van der Waals surface area contributed by atoms with Gasteiger partial charge in [-0.05, 0) is 54.3 Å². The fourth-order valence-corrected chi connectivity index (χ4v) is 3.29. The van der Waals surface area contributed by atoms with Crippen molar-refractivity contribution in [1.82, 2.24) is 5.32 Å². The van der Waals surface area contributed by atoms with E-state index in [-0.39, 0.29) is 17.2 Å². The first-order valence-corrected chi connectivity index (χ1v) is 10.4. The van der Waals surface area contributed by atoms with Crippen LogP contribution >= 0.6 is 0 Å². The second-order valence-corrected chi connectivity index (χ2v) is 8.66. The topological polar surface area (TPSA) is 70.7 Å². The van der Waals surface area contributed by atoms with E-state index >= 15 is 0 Å². The van der Waals surface area contributed by atoms with Gasteiger partial charge >= 0.3 is 0 Å².